The van der Waals surface area contributed by atoms with E-state index < -0.39 is 23.8 Å². The molecule has 88 valence electrons. The first-order chi connectivity index (χ1) is 7.50. The second-order valence-corrected chi connectivity index (χ2v) is 3.14. The molecule has 0 aromatic heterocycles. The number of hydrogen-bond donors (Lipinski definition) is 0. The molecule has 1 aliphatic rings. The van der Waals surface area contributed by atoms with Crippen molar-refractivity contribution in [2.75, 3.05) is 6.61 Å². The predicted octanol–water partition coefficient (Wildman–Crippen LogP) is -0.453. The van der Waals surface area contributed by atoms with Gasteiger partial charge in [-0.05, 0) is 0 Å². The number of carbonyl (C=O) groups excluding carboxylic acids is 4. The first-order valence-electron chi connectivity index (χ1n) is 4.70. The monoisotopic (exact) mass is 229 g/mol. The molecule has 0 aromatic carbocycles. The minimum atomic E-state index is -0.787. The molecule has 0 aliphatic carbocycles. The molecule has 0 radical (unpaired) electrons. The van der Waals surface area contributed by atoms with Crippen LogP contribution < -0.4 is 0 Å². The van der Waals surface area contributed by atoms with Gasteiger partial charge >= 0.3 is 11.9 Å². The first-order valence-corrected chi connectivity index (χ1v) is 4.70. The van der Waals surface area contributed by atoms with Crippen LogP contribution in [0, 0.1) is 0 Å². The molecular weight excluding hydrogens is 218 g/mol. The molecule has 1 saturated heterocycles. The molecule has 0 N–H and O–H groups in total. The molecule has 7 nitrogen and oxygen atoms in total. The number of amides is 2. The summed E-state index contributed by atoms with van der Waals surface area (Å²) in [7, 11) is 0. The van der Waals surface area contributed by atoms with Crippen LogP contribution in [0.1, 0.15) is 26.2 Å². The number of imide groups is 1. The zero-order chi connectivity index (χ0) is 12.1. The summed E-state index contributed by atoms with van der Waals surface area (Å²) in [4.78, 5) is 48.1. The van der Waals surface area contributed by atoms with E-state index in [2.05, 4.69) is 9.57 Å². The Morgan fingerprint density at radius 1 is 1.25 bits per heavy atom. The van der Waals surface area contributed by atoms with Gasteiger partial charge in [0.25, 0.3) is 11.8 Å². The second-order valence-electron chi connectivity index (χ2n) is 3.14. The predicted molar refractivity (Wildman–Crippen MR) is 48.4 cm³/mol. The maximum atomic E-state index is 11.1. The van der Waals surface area contributed by atoms with Gasteiger partial charge in [-0.25, -0.2) is 4.79 Å². The van der Waals surface area contributed by atoms with E-state index in [-0.39, 0.29) is 25.9 Å². The average molecular weight is 229 g/mol. The number of carbonyl (C=O) groups is 4. The van der Waals surface area contributed by atoms with E-state index in [1.165, 1.54) is 6.92 Å². The van der Waals surface area contributed by atoms with Gasteiger partial charge in [-0.1, -0.05) is 0 Å². The fourth-order valence-corrected chi connectivity index (χ4v) is 1.08. The Morgan fingerprint density at radius 2 is 1.81 bits per heavy atom. The normalized spacial score (nSPS) is 15.2. The Bertz CT molecular complexity index is 321. The van der Waals surface area contributed by atoms with Crippen LogP contribution in [0.25, 0.3) is 0 Å². The first kappa shape index (κ1) is 12.2. The molecule has 0 bridgehead atoms. The topological polar surface area (TPSA) is 90.0 Å². The third kappa shape index (κ3) is 3.34. The lowest BCUT2D eigenvalue weighted by molar-refractivity contribution is -0.198. The van der Waals surface area contributed by atoms with Gasteiger partial charge in [-0.2, -0.15) is 0 Å². The number of hydroxylamine groups is 2. The van der Waals surface area contributed by atoms with E-state index in [4.69, 9.17) is 0 Å². The Labute approximate surface area is 91.2 Å². The smallest absolute Gasteiger partial charge is 0.336 e. The number of ether oxygens (including phenoxy) is 1. The lowest BCUT2D eigenvalue weighted by Gasteiger charge is -2.12. The molecular formula is C9H11NO6. The van der Waals surface area contributed by atoms with Crippen LogP contribution in [0.4, 0.5) is 0 Å². The van der Waals surface area contributed by atoms with Gasteiger partial charge in [0.1, 0.15) is 6.61 Å². The molecule has 0 unspecified atom stereocenters. The summed E-state index contributed by atoms with van der Waals surface area (Å²) in [5.74, 6) is -2.37. The van der Waals surface area contributed by atoms with Gasteiger partial charge in [-0.3, -0.25) is 14.4 Å². The largest absolute Gasteiger partial charge is 0.465 e. The van der Waals surface area contributed by atoms with E-state index in [1.54, 1.807) is 0 Å². The lowest BCUT2D eigenvalue weighted by Crippen LogP contribution is -2.32. The summed E-state index contributed by atoms with van der Waals surface area (Å²) >= 11 is 0. The SMILES string of the molecule is CC(=O)OCCC(=O)ON1C(=O)CCC1=O. The molecule has 0 atom stereocenters. The van der Waals surface area contributed by atoms with Gasteiger partial charge in [0, 0.05) is 19.8 Å². The van der Waals surface area contributed by atoms with Crippen molar-refractivity contribution in [3.05, 3.63) is 0 Å². The van der Waals surface area contributed by atoms with E-state index in [0.29, 0.717) is 5.06 Å². The van der Waals surface area contributed by atoms with Crippen molar-refractivity contribution in [2.45, 2.75) is 26.2 Å². The Balaban J connectivity index is 2.31. The molecule has 0 spiro atoms. The van der Waals surface area contributed by atoms with Crippen LogP contribution in [-0.4, -0.2) is 35.4 Å². The van der Waals surface area contributed by atoms with Crippen molar-refractivity contribution in [3.63, 3.8) is 0 Å². The highest BCUT2D eigenvalue weighted by Crippen LogP contribution is 2.12. The molecule has 1 aliphatic heterocycles. The lowest BCUT2D eigenvalue weighted by atomic mass is 10.4. The Morgan fingerprint density at radius 3 is 2.31 bits per heavy atom. The van der Waals surface area contributed by atoms with Crippen LogP contribution in [-0.2, 0) is 28.8 Å². The van der Waals surface area contributed by atoms with Crippen LogP contribution in [0.15, 0.2) is 0 Å². The van der Waals surface area contributed by atoms with Crippen molar-refractivity contribution < 1.29 is 28.8 Å². The summed E-state index contributed by atoms with van der Waals surface area (Å²) < 4.78 is 4.50. The molecule has 1 fully saturated rings. The maximum Gasteiger partial charge on any atom is 0.336 e. The van der Waals surface area contributed by atoms with Gasteiger partial charge in [0.05, 0.1) is 6.42 Å². The van der Waals surface area contributed by atoms with Crippen LogP contribution in [0.2, 0.25) is 0 Å². The zero-order valence-electron chi connectivity index (χ0n) is 8.73. The summed E-state index contributed by atoms with van der Waals surface area (Å²) in [5, 5.41) is 0.454. The van der Waals surface area contributed by atoms with E-state index >= 15 is 0 Å². The maximum absolute atomic E-state index is 11.1. The summed E-state index contributed by atoms with van der Waals surface area (Å²) in [5.41, 5.74) is 0. The van der Waals surface area contributed by atoms with Crippen molar-refractivity contribution >= 4 is 23.8 Å². The van der Waals surface area contributed by atoms with Gasteiger partial charge in [-0.15, -0.1) is 5.06 Å². The van der Waals surface area contributed by atoms with E-state index in [1.807, 2.05) is 0 Å². The number of nitrogens with zero attached hydrogens (tertiary/aromatic N) is 1. The molecule has 0 saturated carbocycles. The van der Waals surface area contributed by atoms with Gasteiger partial charge in [0.2, 0.25) is 0 Å². The van der Waals surface area contributed by atoms with E-state index in [9.17, 15) is 19.2 Å². The molecule has 1 heterocycles. The van der Waals surface area contributed by atoms with Gasteiger partial charge < -0.3 is 9.57 Å². The fraction of sp³-hybridized carbons (Fsp3) is 0.556. The third-order valence-electron chi connectivity index (χ3n) is 1.81. The molecule has 16 heavy (non-hydrogen) atoms. The standard InChI is InChI=1S/C9H11NO6/c1-6(11)15-5-4-9(14)16-10-7(12)2-3-8(10)13/h2-5H2,1H3. The van der Waals surface area contributed by atoms with Crippen LogP contribution >= 0.6 is 0 Å². The quantitative estimate of drug-likeness (QED) is 0.479. The number of rotatable bonds is 4. The molecule has 0 aromatic rings. The summed E-state index contributed by atoms with van der Waals surface area (Å²) in [6.07, 6.45) is -0.0945. The van der Waals surface area contributed by atoms with Crippen molar-refractivity contribution in [1.82, 2.24) is 5.06 Å². The van der Waals surface area contributed by atoms with Crippen LogP contribution in [0.5, 0.6) is 0 Å². The highest BCUT2D eigenvalue weighted by atomic mass is 16.7. The number of hydrogen-bond acceptors (Lipinski definition) is 6. The second kappa shape index (κ2) is 5.24. The minimum Gasteiger partial charge on any atom is -0.465 e. The van der Waals surface area contributed by atoms with Crippen molar-refractivity contribution in [2.24, 2.45) is 0 Å². The van der Waals surface area contributed by atoms with Gasteiger partial charge in [0.15, 0.2) is 0 Å². The summed E-state index contributed by atoms with van der Waals surface area (Å²) in [6.45, 7) is 1.07. The fourth-order valence-electron chi connectivity index (χ4n) is 1.08. The molecule has 1 rings (SSSR count). The Hall–Kier alpha value is -1.92. The number of esters is 1. The van der Waals surface area contributed by atoms with E-state index in [0.717, 1.165) is 0 Å². The molecule has 2 amide bonds. The van der Waals surface area contributed by atoms with Crippen molar-refractivity contribution in [3.8, 4) is 0 Å². The minimum absolute atomic E-state index is 0.0516. The molecule has 7 heteroatoms. The highest BCUT2D eigenvalue weighted by Gasteiger charge is 2.32. The highest BCUT2D eigenvalue weighted by molar-refractivity contribution is 6.01. The third-order valence-corrected chi connectivity index (χ3v) is 1.81. The Kier molecular flexibility index (Phi) is 3.98. The average Bonchev–Trinajstić information content (AvgIpc) is 2.49. The zero-order valence-corrected chi connectivity index (χ0v) is 8.73. The summed E-state index contributed by atoms with van der Waals surface area (Å²) in [6, 6.07) is 0. The van der Waals surface area contributed by atoms with Crippen molar-refractivity contribution in [1.29, 1.82) is 0 Å². The van der Waals surface area contributed by atoms with Crippen LogP contribution in [0.3, 0.4) is 0 Å².